The number of primary amides is 1. The topological polar surface area (TPSA) is 73.6 Å². The van der Waals surface area contributed by atoms with E-state index < -0.39 is 41.8 Å². The van der Waals surface area contributed by atoms with Crippen LogP contribution >= 0.6 is 0 Å². The number of amides is 1. The standard InChI is InChI=1S/C23H24F6N2O3/c1-13(15-7-16(22(24,25)26)9-17(8-15)23(27,28)29)33-12-20-19(14-5-3-2-4-6-14)10-18(11-31-20)34-21(30)32/h2-9,13,18-20,31H,10-12H2,1H3,(H2,30,32)/t13?,18-,19?,20-/m0/s1. The molecule has 1 aliphatic heterocycles. The number of carbonyl (C=O) groups is 1. The Balaban J connectivity index is 1.78. The Morgan fingerprint density at radius 3 is 2.18 bits per heavy atom. The van der Waals surface area contributed by atoms with E-state index >= 15 is 0 Å². The molecule has 3 rings (SSSR count). The van der Waals surface area contributed by atoms with Crippen molar-refractivity contribution in [3.05, 3.63) is 70.8 Å². The summed E-state index contributed by atoms with van der Waals surface area (Å²) in [5.74, 6) is -0.196. The molecule has 0 saturated carbocycles. The van der Waals surface area contributed by atoms with E-state index in [9.17, 15) is 31.1 Å². The molecule has 0 radical (unpaired) electrons. The molecule has 186 valence electrons. The first-order chi connectivity index (χ1) is 15.8. The van der Waals surface area contributed by atoms with Crippen LogP contribution in [0, 0.1) is 0 Å². The molecule has 2 aromatic rings. The number of piperidine rings is 1. The second kappa shape index (κ2) is 10.2. The number of nitrogens with two attached hydrogens (primary N) is 1. The summed E-state index contributed by atoms with van der Waals surface area (Å²) in [7, 11) is 0. The molecule has 5 nitrogen and oxygen atoms in total. The normalized spacial score (nSPS) is 22.3. The number of nitrogens with one attached hydrogen (secondary N) is 1. The van der Waals surface area contributed by atoms with Crippen molar-refractivity contribution in [2.45, 2.75) is 49.9 Å². The highest BCUT2D eigenvalue weighted by Gasteiger charge is 2.38. The number of rotatable bonds is 6. The highest BCUT2D eigenvalue weighted by molar-refractivity contribution is 5.64. The summed E-state index contributed by atoms with van der Waals surface area (Å²) in [6.45, 7) is 1.67. The van der Waals surface area contributed by atoms with E-state index in [0.29, 0.717) is 18.6 Å². The second-order valence-corrected chi connectivity index (χ2v) is 8.14. The zero-order valence-corrected chi connectivity index (χ0v) is 18.1. The minimum Gasteiger partial charge on any atom is -0.445 e. The molecular formula is C23H24F6N2O3. The van der Waals surface area contributed by atoms with Gasteiger partial charge in [0.25, 0.3) is 0 Å². The summed E-state index contributed by atoms with van der Waals surface area (Å²) in [6, 6.07) is 10.3. The Kier molecular flexibility index (Phi) is 7.77. The maximum Gasteiger partial charge on any atom is 0.416 e. The third-order valence-corrected chi connectivity index (χ3v) is 5.73. The van der Waals surface area contributed by atoms with Gasteiger partial charge >= 0.3 is 18.4 Å². The highest BCUT2D eigenvalue weighted by atomic mass is 19.4. The van der Waals surface area contributed by atoms with Crippen LogP contribution in [0.3, 0.4) is 0 Å². The largest absolute Gasteiger partial charge is 0.445 e. The van der Waals surface area contributed by atoms with E-state index in [1.807, 2.05) is 30.3 Å². The molecule has 1 amide bonds. The minimum atomic E-state index is -4.94. The molecule has 0 bridgehead atoms. The molecule has 3 N–H and O–H groups in total. The summed E-state index contributed by atoms with van der Waals surface area (Å²) >= 11 is 0. The molecule has 2 aromatic carbocycles. The lowest BCUT2D eigenvalue weighted by Gasteiger charge is -2.37. The Morgan fingerprint density at radius 1 is 1.06 bits per heavy atom. The van der Waals surface area contributed by atoms with Crippen LogP contribution in [-0.2, 0) is 21.8 Å². The summed E-state index contributed by atoms with van der Waals surface area (Å²) in [5.41, 5.74) is 3.01. The van der Waals surface area contributed by atoms with E-state index in [0.717, 1.165) is 5.56 Å². The van der Waals surface area contributed by atoms with E-state index in [4.69, 9.17) is 15.2 Å². The van der Waals surface area contributed by atoms with Gasteiger partial charge in [0, 0.05) is 18.5 Å². The first-order valence-electron chi connectivity index (χ1n) is 10.5. The molecule has 1 fully saturated rings. The third kappa shape index (κ3) is 6.63. The Labute approximate surface area is 192 Å². The van der Waals surface area contributed by atoms with Gasteiger partial charge in [-0.25, -0.2) is 4.79 Å². The van der Waals surface area contributed by atoms with Crippen LogP contribution < -0.4 is 11.1 Å². The Hall–Kier alpha value is -2.79. The van der Waals surface area contributed by atoms with E-state index in [-0.39, 0.29) is 36.7 Å². The SMILES string of the molecule is CC(OC[C@@H]1NC[C@@H](OC(N)=O)CC1c1ccccc1)c1cc(C(F)(F)F)cc(C(F)(F)F)c1. The number of benzene rings is 2. The van der Waals surface area contributed by atoms with Crippen molar-refractivity contribution in [3.63, 3.8) is 0 Å². The number of carbonyl (C=O) groups excluding carboxylic acids is 1. The lowest BCUT2D eigenvalue weighted by molar-refractivity contribution is -0.143. The van der Waals surface area contributed by atoms with Gasteiger partial charge < -0.3 is 20.5 Å². The number of hydrogen-bond acceptors (Lipinski definition) is 4. The third-order valence-electron chi connectivity index (χ3n) is 5.73. The molecule has 0 aliphatic carbocycles. The quantitative estimate of drug-likeness (QED) is 0.531. The zero-order valence-electron chi connectivity index (χ0n) is 18.1. The predicted molar refractivity (Wildman–Crippen MR) is 111 cm³/mol. The minimum absolute atomic E-state index is 0.00160. The predicted octanol–water partition coefficient (Wildman–Crippen LogP) is 5.41. The average molecular weight is 490 g/mol. The Bertz CT molecular complexity index is 949. The molecular weight excluding hydrogens is 466 g/mol. The average Bonchev–Trinajstić information content (AvgIpc) is 2.76. The van der Waals surface area contributed by atoms with Crippen molar-refractivity contribution in [2.75, 3.05) is 13.2 Å². The van der Waals surface area contributed by atoms with Crippen LogP contribution in [0.4, 0.5) is 31.1 Å². The fraction of sp³-hybridized carbons (Fsp3) is 0.435. The smallest absolute Gasteiger partial charge is 0.416 e. The summed E-state index contributed by atoms with van der Waals surface area (Å²) in [6.07, 6.45) is -11.9. The fourth-order valence-corrected chi connectivity index (χ4v) is 4.01. The van der Waals surface area contributed by atoms with Crippen molar-refractivity contribution >= 4 is 6.09 Å². The molecule has 0 spiro atoms. The molecule has 1 heterocycles. The summed E-state index contributed by atoms with van der Waals surface area (Å²) < 4.78 is 89.9. The first-order valence-corrected chi connectivity index (χ1v) is 10.5. The van der Waals surface area contributed by atoms with Crippen molar-refractivity contribution in [1.29, 1.82) is 0 Å². The summed E-state index contributed by atoms with van der Waals surface area (Å²) in [5, 5.41) is 3.18. The van der Waals surface area contributed by atoms with E-state index in [1.54, 1.807) is 0 Å². The van der Waals surface area contributed by atoms with Crippen LogP contribution in [0.5, 0.6) is 0 Å². The molecule has 2 unspecified atom stereocenters. The zero-order chi connectivity index (χ0) is 25.1. The molecule has 11 heteroatoms. The maximum atomic E-state index is 13.2. The van der Waals surface area contributed by atoms with Crippen molar-refractivity contribution in [3.8, 4) is 0 Å². The number of halogens is 6. The van der Waals surface area contributed by atoms with E-state index in [2.05, 4.69) is 5.32 Å². The second-order valence-electron chi connectivity index (χ2n) is 8.14. The van der Waals surface area contributed by atoms with Crippen LogP contribution in [0.1, 0.15) is 47.6 Å². The fourth-order valence-electron chi connectivity index (χ4n) is 4.01. The monoisotopic (exact) mass is 490 g/mol. The number of alkyl halides is 6. The lowest BCUT2D eigenvalue weighted by atomic mass is 9.84. The van der Waals surface area contributed by atoms with Gasteiger partial charge in [-0.2, -0.15) is 26.3 Å². The van der Waals surface area contributed by atoms with Crippen LogP contribution in [-0.4, -0.2) is 31.4 Å². The molecule has 1 aliphatic rings. The molecule has 4 atom stereocenters. The van der Waals surface area contributed by atoms with Gasteiger partial charge in [0.1, 0.15) is 6.10 Å². The van der Waals surface area contributed by atoms with Gasteiger partial charge in [0.2, 0.25) is 0 Å². The van der Waals surface area contributed by atoms with Gasteiger partial charge in [0.15, 0.2) is 0 Å². The number of hydrogen-bond donors (Lipinski definition) is 2. The van der Waals surface area contributed by atoms with Crippen molar-refractivity contribution < 1.29 is 40.6 Å². The van der Waals surface area contributed by atoms with Crippen molar-refractivity contribution in [1.82, 2.24) is 5.32 Å². The van der Waals surface area contributed by atoms with Gasteiger partial charge in [-0.15, -0.1) is 0 Å². The van der Waals surface area contributed by atoms with Gasteiger partial charge in [0.05, 0.1) is 23.8 Å². The summed E-state index contributed by atoms with van der Waals surface area (Å²) in [4.78, 5) is 11.1. The first kappa shape index (κ1) is 25.8. The van der Waals surface area contributed by atoms with Crippen LogP contribution in [0.25, 0.3) is 0 Å². The molecule has 0 aromatic heterocycles. The van der Waals surface area contributed by atoms with Crippen LogP contribution in [0.2, 0.25) is 0 Å². The molecule has 34 heavy (non-hydrogen) atoms. The Morgan fingerprint density at radius 2 is 1.65 bits per heavy atom. The van der Waals surface area contributed by atoms with E-state index in [1.165, 1.54) is 6.92 Å². The van der Waals surface area contributed by atoms with Gasteiger partial charge in [-0.1, -0.05) is 30.3 Å². The van der Waals surface area contributed by atoms with Crippen LogP contribution in [0.15, 0.2) is 48.5 Å². The van der Waals surface area contributed by atoms with Crippen molar-refractivity contribution in [2.24, 2.45) is 5.73 Å². The number of ether oxygens (including phenoxy) is 2. The van der Waals surface area contributed by atoms with Gasteiger partial charge in [-0.3, -0.25) is 0 Å². The van der Waals surface area contributed by atoms with Gasteiger partial charge in [-0.05, 0) is 42.7 Å². The molecule has 1 saturated heterocycles. The maximum absolute atomic E-state index is 13.2. The lowest BCUT2D eigenvalue weighted by Crippen LogP contribution is -2.50. The highest BCUT2D eigenvalue weighted by Crippen LogP contribution is 2.38.